The summed E-state index contributed by atoms with van der Waals surface area (Å²) in [4.78, 5) is 44.4. The van der Waals surface area contributed by atoms with Crippen molar-refractivity contribution in [1.82, 2.24) is 0 Å². The average Bonchev–Trinajstić information content (AvgIpc) is 2.60. The van der Waals surface area contributed by atoms with Crippen LogP contribution in [0.2, 0.25) is 0 Å². The monoisotopic (exact) mass is 373 g/mol. The number of esters is 1. The van der Waals surface area contributed by atoms with Crippen LogP contribution < -0.4 is 5.32 Å². The Morgan fingerprint density at radius 3 is 2.07 bits per heavy atom. The second kappa shape index (κ2) is 8.04. The first-order chi connectivity index (χ1) is 12.7. The molecule has 0 aliphatic rings. The van der Waals surface area contributed by atoms with E-state index in [4.69, 9.17) is 4.74 Å². The third-order valence-corrected chi connectivity index (χ3v) is 3.29. The topological polar surface area (TPSA) is 142 Å². The van der Waals surface area contributed by atoms with Gasteiger partial charge in [-0.05, 0) is 32.0 Å². The molecule has 1 amide bonds. The maximum atomic E-state index is 12.4. The minimum absolute atomic E-state index is 0.200. The van der Waals surface area contributed by atoms with Crippen LogP contribution in [0.1, 0.15) is 34.6 Å². The van der Waals surface area contributed by atoms with Gasteiger partial charge in [-0.3, -0.25) is 25.0 Å². The van der Waals surface area contributed by atoms with E-state index in [0.717, 1.165) is 18.2 Å². The molecule has 27 heavy (non-hydrogen) atoms. The molecule has 10 nitrogen and oxygen atoms in total. The van der Waals surface area contributed by atoms with Gasteiger partial charge in [-0.2, -0.15) is 0 Å². The Labute approximate surface area is 153 Å². The minimum Gasteiger partial charge on any atom is -0.459 e. The van der Waals surface area contributed by atoms with E-state index in [2.05, 4.69) is 5.32 Å². The number of amides is 1. The molecule has 2 aromatic rings. The molecule has 0 saturated heterocycles. The third kappa shape index (κ3) is 5.08. The summed E-state index contributed by atoms with van der Waals surface area (Å²) in [7, 11) is 0. The predicted octanol–water partition coefficient (Wildman–Crippen LogP) is 3.32. The second-order valence-corrected chi connectivity index (χ2v) is 5.74. The van der Waals surface area contributed by atoms with Crippen molar-refractivity contribution in [2.24, 2.45) is 0 Å². The van der Waals surface area contributed by atoms with E-state index in [0.29, 0.717) is 0 Å². The molecule has 0 saturated carbocycles. The average molecular weight is 373 g/mol. The van der Waals surface area contributed by atoms with Gasteiger partial charge in [0.2, 0.25) is 0 Å². The van der Waals surface area contributed by atoms with Crippen LogP contribution in [0, 0.1) is 20.2 Å². The summed E-state index contributed by atoms with van der Waals surface area (Å²) in [6.07, 6.45) is -0.318. The molecule has 0 aromatic heterocycles. The summed E-state index contributed by atoms with van der Waals surface area (Å²) in [5.74, 6) is -1.37. The molecule has 0 unspecified atom stereocenters. The lowest BCUT2D eigenvalue weighted by molar-refractivity contribution is -0.394. The molecular weight excluding hydrogens is 358 g/mol. The number of carbonyl (C=O) groups excluding carboxylic acids is 2. The van der Waals surface area contributed by atoms with Gasteiger partial charge < -0.3 is 10.1 Å². The van der Waals surface area contributed by atoms with Gasteiger partial charge in [-0.25, -0.2) is 4.79 Å². The van der Waals surface area contributed by atoms with Crippen LogP contribution >= 0.6 is 0 Å². The van der Waals surface area contributed by atoms with Crippen LogP contribution in [0.4, 0.5) is 17.1 Å². The largest absolute Gasteiger partial charge is 0.459 e. The van der Waals surface area contributed by atoms with Crippen LogP contribution in [0.15, 0.2) is 42.5 Å². The van der Waals surface area contributed by atoms with Gasteiger partial charge in [-0.15, -0.1) is 0 Å². The number of nitro benzene ring substituents is 2. The first-order valence-electron chi connectivity index (χ1n) is 7.73. The molecule has 0 radical (unpaired) electrons. The van der Waals surface area contributed by atoms with Crippen molar-refractivity contribution in [2.75, 3.05) is 5.32 Å². The molecule has 10 heteroatoms. The molecule has 0 aliphatic heterocycles. The molecule has 2 aromatic carbocycles. The van der Waals surface area contributed by atoms with Crippen molar-refractivity contribution >= 4 is 28.9 Å². The number of hydrogen-bond acceptors (Lipinski definition) is 7. The van der Waals surface area contributed by atoms with Gasteiger partial charge in [0.15, 0.2) is 0 Å². The van der Waals surface area contributed by atoms with E-state index >= 15 is 0 Å². The van der Waals surface area contributed by atoms with Gasteiger partial charge in [0, 0.05) is 17.8 Å². The normalized spacial score (nSPS) is 10.3. The molecule has 0 fully saturated rings. The third-order valence-electron chi connectivity index (χ3n) is 3.29. The lowest BCUT2D eigenvalue weighted by Gasteiger charge is -2.10. The van der Waals surface area contributed by atoms with E-state index in [1.165, 1.54) is 24.3 Å². The summed E-state index contributed by atoms with van der Waals surface area (Å²) >= 11 is 0. The van der Waals surface area contributed by atoms with Gasteiger partial charge in [-0.1, -0.05) is 6.07 Å². The zero-order valence-corrected chi connectivity index (χ0v) is 14.4. The van der Waals surface area contributed by atoms with Crippen molar-refractivity contribution in [3.05, 3.63) is 73.8 Å². The molecule has 0 heterocycles. The summed E-state index contributed by atoms with van der Waals surface area (Å²) < 4.78 is 5.06. The number of nitrogens with one attached hydrogen (secondary N) is 1. The zero-order valence-electron chi connectivity index (χ0n) is 14.4. The van der Waals surface area contributed by atoms with Crippen LogP contribution in [0.3, 0.4) is 0 Å². The maximum Gasteiger partial charge on any atom is 0.338 e. The maximum absolute atomic E-state index is 12.4. The predicted molar refractivity (Wildman–Crippen MR) is 94.7 cm³/mol. The number of hydrogen-bond donors (Lipinski definition) is 1. The minimum atomic E-state index is -0.827. The highest BCUT2D eigenvalue weighted by atomic mass is 16.6. The Kier molecular flexibility index (Phi) is 5.81. The standard InChI is InChI=1S/C17H15N3O7/c1-10(2)27-17(22)11-4-3-5-13(6-11)18-16(21)12-7-14(19(23)24)9-15(8-12)20(25)26/h3-10H,1-2H3,(H,18,21). The molecule has 0 atom stereocenters. The van der Waals surface area contributed by atoms with Crippen molar-refractivity contribution in [1.29, 1.82) is 0 Å². The fourth-order valence-corrected chi connectivity index (χ4v) is 2.15. The number of ether oxygens (including phenoxy) is 1. The summed E-state index contributed by atoms with van der Waals surface area (Å²) in [5.41, 5.74) is -0.989. The van der Waals surface area contributed by atoms with Gasteiger partial charge >= 0.3 is 5.97 Å². The number of nitrogens with zero attached hydrogens (tertiary/aromatic N) is 2. The van der Waals surface area contributed by atoms with Gasteiger partial charge in [0.05, 0.1) is 33.1 Å². The summed E-state index contributed by atoms with van der Waals surface area (Å²) in [5, 5.41) is 24.3. The number of anilines is 1. The van der Waals surface area contributed by atoms with E-state index in [9.17, 15) is 29.8 Å². The van der Waals surface area contributed by atoms with Crippen LogP contribution in [-0.2, 0) is 4.74 Å². The Balaban J connectivity index is 2.28. The van der Waals surface area contributed by atoms with Crippen molar-refractivity contribution in [3.63, 3.8) is 0 Å². The SMILES string of the molecule is CC(C)OC(=O)c1cccc(NC(=O)c2cc([N+](=O)[O-])cc([N+](=O)[O-])c2)c1. The molecule has 0 bridgehead atoms. The molecule has 0 aliphatic carbocycles. The van der Waals surface area contributed by atoms with E-state index in [1.54, 1.807) is 13.8 Å². The lowest BCUT2D eigenvalue weighted by Crippen LogP contribution is -2.14. The smallest absolute Gasteiger partial charge is 0.338 e. The van der Waals surface area contributed by atoms with Crippen molar-refractivity contribution in [3.8, 4) is 0 Å². The highest BCUT2D eigenvalue weighted by molar-refractivity contribution is 6.05. The summed E-state index contributed by atoms with van der Waals surface area (Å²) in [6, 6.07) is 8.50. The van der Waals surface area contributed by atoms with Crippen molar-refractivity contribution < 1.29 is 24.2 Å². The van der Waals surface area contributed by atoms with Gasteiger partial charge in [0.1, 0.15) is 0 Å². The highest BCUT2D eigenvalue weighted by Gasteiger charge is 2.20. The molecule has 0 spiro atoms. The first kappa shape index (κ1) is 19.5. The second-order valence-electron chi connectivity index (χ2n) is 5.74. The lowest BCUT2D eigenvalue weighted by atomic mass is 10.1. The van der Waals surface area contributed by atoms with E-state index in [-0.39, 0.29) is 22.9 Å². The highest BCUT2D eigenvalue weighted by Crippen LogP contribution is 2.23. The van der Waals surface area contributed by atoms with E-state index in [1.807, 2.05) is 0 Å². The fourth-order valence-electron chi connectivity index (χ4n) is 2.15. The Hall–Kier alpha value is -3.82. The Morgan fingerprint density at radius 1 is 0.963 bits per heavy atom. The molecule has 140 valence electrons. The van der Waals surface area contributed by atoms with Crippen LogP contribution in [0.25, 0.3) is 0 Å². The van der Waals surface area contributed by atoms with Crippen LogP contribution in [0.5, 0.6) is 0 Å². The number of non-ortho nitro benzene ring substituents is 2. The summed E-state index contributed by atoms with van der Waals surface area (Å²) in [6.45, 7) is 3.39. The Morgan fingerprint density at radius 2 is 1.56 bits per heavy atom. The van der Waals surface area contributed by atoms with E-state index < -0.39 is 33.1 Å². The fraction of sp³-hybridized carbons (Fsp3) is 0.176. The molecule has 2 rings (SSSR count). The number of carbonyl (C=O) groups is 2. The number of nitro groups is 2. The zero-order chi connectivity index (χ0) is 20.1. The molecular formula is C17H15N3O7. The first-order valence-corrected chi connectivity index (χ1v) is 7.73. The number of rotatable bonds is 6. The van der Waals surface area contributed by atoms with Gasteiger partial charge in [0.25, 0.3) is 17.3 Å². The Bertz CT molecular complexity index is 892. The molecule has 1 N–H and O–H groups in total. The van der Waals surface area contributed by atoms with Crippen molar-refractivity contribution in [2.45, 2.75) is 20.0 Å². The van der Waals surface area contributed by atoms with Crippen LogP contribution in [-0.4, -0.2) is 27.8 Å². The number of benzene rings is 2. The quantitative estimate of drug-likeness (QED) is 0.465.